The molecule has 3 heterocycles. The molecule has 0 unspecified atom stereocenters. The van der Waals surface area contributed by atoms with Crippen molar-refractivity contribution in [1.82, 2.24) is 15.2 Å². The van der Waals surface area contributed by atoms with Crippen molar-refractivity contribution in [3.63, 3.8) is 0 Å². The third-order valence-electron chi connectivity index (χ3n) is 4.99. The van der Waals surface area contributed by atoms with Gasteiger partial charge in [0.1, 0.15) is 0 Å². The van der Waals surface area contributed by atoms with Gasteiger partial charge in [0.2, 0.25) is 5.91 Å². The molecular weight excluding hydrogens is 441 g/mol. The van der Waals surface area contributed by atoms with E-state index in [0.29, 0.717) is 30.6 Å². The van der Waals surface area contributed by atoms with Crippen LogP contribution in [0.25, 0.3) is 11.3 Å². The Bertz CT molecular complexity index is 744. The minimum absolute atomic E-state index is 0. The van der Waals surface area contributed by atoms with Crippen molar-refractivity contribution in [3.05, 3.63) is 40.8 Å². The van der Waals surface area contributed by atoms with E-state index in [-0.39, 0.29) is 30.7 Å². The molecule has 0 aliphatic carbocycles. The van der Waals surface area contributed by atoms with Gasteiger partial charge in [-0.25, -0.2) is 4.98 Å². The third kappa shape index (κ3) is 4.42. The lowest BCUT2D eigenvalue weighted by Crippen LogP contribution is -2.32. The Morgan fingerprint density at radius 1 is 1.23 bits per heavy atom. The normalized spacial score (nSPS) is 21.0. The van der Waals surface area contributed by atoms with Crippen molar-refractivity contribution in [2.24, 2.45) is 11.8 Å². The van der Waals surface area contributed by atoms with Crippen LogP contribution in [0.4, 0.5) is 0 Å². The molecule has 1 aromatic heterocycles. The van der Waals surface area contributed by atoms with E-state index in [0.717, 1.165) is 42.0 Å². The standard InChI is InChI=1S/C18H20BrN3O2.2ClH/c19-15-4-2-1-3-14(15)16-9-21-17(24-16)5-6-18(23)22-10-12-7-20-8-13(12)11-22;;/h1-4,9,12-13,20H,5-8,10-11H2;2*1H/t12-,13+;;. The first-order chi connectivity index (χ1) is 11.7. The second kappa shape index (κ2) is 9.22. The highest BCUT2D eigenvalue weighted by atomic mass is 79.9. The maximum absolute atomic E-state index is 12.4. The molecule has 2 atom stereocenters. The van der Waals surface area contributed by atoms with Gasteiger partial charge in [-0.05, 0) is 17.9 Å². The van der Waals surface area contributed by atoms with Crippen molar-refractivity contribution in [1.29, 1.82) is 0 Å². The molecule has 26 heavy (non-hydrogen) atoms. The van der Waals surface area contributed by atoms with Gasteiger partial charge in [0.15, 0.2) is 11.7 Å². The zero-order chi connectivity index (χ0) is 16.5. The number of aromatic nitrogens is 1. The molecule has 5 nitrogen and oxygen atoms in total. The second-order valence-corrected chi connectivity index (χ2v) is 7.43. The number of carbonyl (C=O) groups is 1. The van der Waals surface area contributed by atoms with Crippen LogP contribution in [0.3, 0.4) is 0 Å². The average molecular weight is 463 g/mol. The zero-order valence-electron chi connectivity index (χ0n) is 14.2. The van der Waals surface area contributed by atoms with Gasteiger partial charge in [0.25, 0.3) is 0 Å². The number of hydrogen-bond acceptors (Lipinski definition) is 4. The summed E-state index contributed by atoms with van der Waals surface area (Å²) in [6, 6.07) is 7.88. The van der Waals surface area contributed by atoms with Gasteiger partial charge in [-0.1, -0.05) is 34.1 Å². The maximum Gasteiger partial charge on any atom is 0.223 e. The fraction of sp³-hybridized carbons (Fsp3) is 0.444. The van der Waals surface area contributed by atoms with Crippen LogP contribution in [0, 0.1) is 11.8 Å². The Kier molecular flexibility index (Phi) is 7.52. The molecule has 0 spiro atoms. The minimum atomic E-state index is 0. The summed E-state index contributed by atoms with van der Waals surface area (Å²) in [6.45, 7) is 3.88. The molecule has 1 N–H and O–H groups in total. The molecule has 0 saturated carbocycles. The van der Waals surface area contributed by atoms with E-state index in [1.54, 1.807) is 6.20 Å². The molecule has 2 saturated heterocycles. The van der Waals surface area contributed by atoms with E-state index in [4.69, 9.17) is 4.42 Å². The number of hydrogen-bond donors (Lipinski definition) is 1. The summed E-state index contributed by atoms with van der Waals surface area (Å²) in [5.41, 5.74) is 0.974. The van der Waals surface area contributed by atoms with Crippen molar-refractivity contribution in [3.8, 4) is 11.3 Å². The Morgan fingerprint density at radius 3 is 2.62 bits per heavy atom. The number of likely N-dealkylation sites (tertiary alicyclic amines) is 1. The number of rotatable bonds is 4. The number of halogens is 3. The number of nitrogens with one attached hydrogen (secondary N) is 1. The number of aryl methyl sites for hydroxylation is 1. The highest BCUT2D eigenvalue weighted by Gasteiger charge is 2.37. The molecule has 2 aliphatic heterocycles. The number of fused-ring (bicyclic) bond motifs is 1. The predicted molar refractivity (Wildman–Crippen MR) is 109 cm³/mol. The minimum Gasteiger partial charge on any atom is -0.441 e. The quantitative estimate of drug-likeness (QED) is 0.754. The fourth-order valence-electron chi connectivity index (χ4n) is 3.64. The largest absolute Gasteiger partial charge is 0.441 e. The lowest BCUT2D eigenvalue weighted by atomic mass is 10.0. The third-order valence-corrected chi connectivity index (χ3v) is 5.68. The van der Waals surface area contributed by atoms with Crippen molar-refractivity contribution in [2.75, 3.05) is 26.2 Å². The summed E-state index contributed by atoms with van der Waals surface area (Å²) < 4.78 is 6.79. The van der Waals surface area contributed by atoms with Gasteiger partial charge in [-0.15, -0.1) is 24.8 Å². The first-order valence-corrected chi connectivity index (χ1v) is 9.18. The van der Waals surface area contributed by atoms with Gasteiger partial charge in [-0.2, -0.15) is 0 Å². The van der Waals surface area contributed by atoms with Crippen molar-refractivity contribution < 1.29 is 9.21 Å². The Hall–Kier alpha value is -1.08. The molecule has 2 fully saturated rings. The molecule has 1 aromatic carbocycles. The molecule has 142 valence electrons. The summed E-state index contributed by atoms with van der Waals surface area (Å²) in [5, 5.41) is 3.40. The van der Waals surface area contributed by atoms with Gasteiger partial charge < -0.3 is 14.6 Å². The van der Waals surface area contributed by atoms with Crippen LogP contribution in [0.1, 0.15) is 12.3 Å². The van der Waals surface area contributed by atoms with Gasteiger partial charge >= 0.3 is 0 Å². The average Bonchev–Trinajstić information content (AvgIpc) is 3.28. The van der Waals surface area contributed by atoms with Crippen LogP contribution in [-0.4, -0.2) is 42.0 Å². The van der Waals surface area contributed by atoms with Gasteiger partial charge in [-0.3, -0.25) is 4.79 Å². The van der Waals surface area contributed by atoms with Crippen LogP contribution in [0.5, 0.6) is 0 Å². The lowest BCUT2D eigenvalue weighted by molar-refractivity contribution is -0.130. The van der Waals surface area contributed by atoms with Crippen LogP contribution in [0.2, 0.25) is 0 Å². The van der Waals surface area contributed by atoms with Crippen LogP contribution >= 0.6 is 40.7 Å². The first-order valence-electron chi connectivity index (χ1n) is 8.39. The van der Waals surface area contributed by atoms with E-state index in [9.17, 15) is 4.79 Å². The Labute approximate surface area is 173 Å². The molecular formula is C18H22BrCl2N3O2. The monoisotopic (exact) mass is 461 g/mol. The van der Waals surface area contributed by atoms with Crippen molar-refractivity contribution in [2.45, 2.75) is 12.8 Å². The summed E-state index contributed by atoms with van der Waals surface area (Å²) in [5.74, 6) is 2.84. The topological polar surface area (TPSA) is 58.4 Å². The number of oxazole rings is 1. The molecule has 2 aliphatic rings. The number of carbonyl (C=O) groups excluding carboxylic acids is 1. The predicted octanol–water partition coefficient (Wildman–Crippen LogP) is 3.56. The molecule has 1 amide bonds. The molecule has 4 rings (SSSR count). The second-order valence-electron chi connectivity index (χ2n) is 6.58. The summed E-state index contributed by atoms with van der Waals surface area (Å²) >= 11 is 3.52. The highest BCUT2D eigenvalue weighted by Crippen LogP contribution is 2.29. The Balaban J connectivity index is 0.00000121. The zero-order valence-corrected chi connectivity index (χ0v) is 17.4. The Morgan fingerprint density at radius 2 is 1.92 bits per heavy atom. The fourth-order valence-corrected chi connectivity index (χ4v) is 4.12. The molecule has 2 aromatic rings. The molecule has 8 heteroatoms. The van der Waals surface area contributed by atoms with Crippen LogP contribution in [0.15, 0.2) is 39.4 Å². The van der Waals surface area contributed by atoms with E-state index in [1.165, 1.54) is 0 Å². The summed E-state index contributed by atoms with van der Waals surface area (Å²) in [4.78, 5) is 18.7. The van der Waals surface area contributed by atoms with Gasteiger partial charge in [0.05, 0.1) is 6.20 Å². The SMILES string of the molecule is Cl.Cl.O=C(CCc1ncc(-c2ccccc2Br)o1)N1C[C@H]2CNC[C@H]2C1. The maximum atomic E-state index is 12.4. The van der Waals surface area contributed by atoms with E-state index in [2.05, 4.69) is 26.2 Å². The lowest BCUT2D eigenvalue weighted by Gasteiger charge is -2.16. The van der Waals surface area contributed by atoms with Gasteiger partial charge in [0, 0.05) is 49.1 Å². The van der Waals surface area contributed by atoms with Crippen LogP contribution in [-0.2, 0) is 11.2 Å². The molecule has 0 bridgehead atoms. The van der Waals surface area contributed by atoms with E-state index >= 15 is 0 Å². The highest BCUT2D eigenvalue weighted by molar-refractivity contribution is 9.10. The number of amides is 1. The number of nitrogens with zero attached hydrogens (tertiary/aromatic N) is 2. The smallest absolute Gasteiger partial charge is 0.223 e. The van der Waals surface area contributed by atoms with E-state index in [1.807, 2.05) is 29.2 Å². The summed E-state index contributed by atoms with van der Waals surface area (Å²) in [6.07, 6.45) is 2.74. The van der Waals surface area contributed by atoms with E-state index < -0.39 is 0 Å². The first kappa shape index (κ1) is 21.2. The van der Waals surface area contributed by atoms with Crippen molar-refractivity contribution >= 4 is 46.7 Å². The molecule has 0 radical (unpaired) electrons. The van der Waals surface area contributed by atoms with Crippen LogP contribution < -0.4 is 5.32 Å². The summed E-state index contributed by atoms with van der Waals surface area (Å²) in [7, 11) is 0. The number of benzene rings is 1.